The van der Waals surface area contributed by atoms with Gasteiger partial charge in [0.25, 0.3) is 0 Å². The van der Waals surface area contributed by atoms with Crippen LogP contribution in [0, 0.1) is 0 Å². The van der Waals surface area contributed by atoms with Gasteiger partial charge in [0.15, 0.2) is 0 Å². The van der Waals surface area contributed by atoms with Crippen LogP contribution in [-0.4, -0.2) is 24.6 Å². The number of hydrogen-bond acceptors (Lipinski definition) is 4. The molecule has 0 aliphatic heterocycles. The molecule has 0 spiro atoms. The first-order chi connectivity index (χ1) is 7.56. The Morgan fingerprint density at radius 2 is 1.75 bits per heavy atom. The molecule has 0 rings (SSSR count). The van der Waals surface area contributed by atoms with Crippen molar-refractivity contribution in [2.75, 3.05) is 6.61 Å². The maximum atomic E-state index is 11.1. The largest absolute Gasteiger partial charge is 0.465 e. The van der Waals surface area contributed by atoms with E-state index in [-0.39, 0.29) is 12.5 Å². The summed E-state index contributed by atoms with van der Waals surface area (Å²) < 4.78 is 9.73. The van der Waals surface area contributed by atoms with Gasteiger partial charge >= 0.3 is 11.9 Å². The van der Waals surface area contributed by atoms with Gasteiger partial charge in [0.2, 0.25) is 0 Å². The zero-order valence-electron chi connectivity index (χ0n) is 10.5. The van der Waals surface area contributed by atoms with E-state index in [9.17, 15) is 9.59 Å². The van der Waals surface area contributed by atoms with Crippen LogP contribution in [0.4, 0.5) is 0 Å². The molecule has 0 atom stereocenters. The predicted octanol–water partition coefficient (Wildman–Crippen LogP) is 2.45. The van der Waals surface area contributed by atoms with Gasteiger partial charge in [-0.2, -0.15) is 0 Å². The van der Waals surface area contributed by atoms with E-state index < -0.39 is 11.9 Å². The zero-order chi connectivity index (χ0) is 12.4. The molecular formula is C12H22O4. The van der Waals surface area contributed by atoms with E-state index >= 15 is 0 Å². The second-order valence-corrected chi connectivity index (χ2v) is 4.00. The minimum atomic E-state index is -0.520. The number of hydrogen-bond donors (Lipinski definition) is 0. The Morgan fingerprint density at radius 3 is 2.31 bits per heavy atom. The minimum absolute atomic E-state index is 0.190. The van der Waals surface area contributed by atoms with Crippen LogP contribution in [0.15, 0.2) is 0 Å². The number of rotatable bonds is 8. The van der Waals surface area contributed by atoms with Crippen LogP contribution >= 0.6 is 0 Å². The molecule has 0 unspecified atom stereocenters. The van der Waals surface area contributed by atoms with E-state index in [1.54, 1.807) is 13.8 Å². The quantitative estimate of drug-likeness (QED) is 0.365. The summed E-state index contributed by atoms with van der Waals surface area (Å²) in [5.74, 6) is -1.02. The molecule has 4 heteroatoms. The number of unbranched alkanes of at least 4 members (excludes halogenated alkanes) is 3. The lowest BCUT2D eigenvalue weighted by Gasteiger charge is -2.07. The highest BCUT2D eigenvalue weighted by atomic mass is 16.6. The SMILES string of the molecule is CCCCCCOC(=O)CC(=O)OC(C)C. The Morgan fingerprint density at radius 1 is 1.06 bits per heavy atom. The third kappa shape index (κ3) is 9.49. The van der Waals surface area contributed by atoms with Gasteiger partial charge in [-0.3, -0.25) is 9.59 Å². The number of ether oxygens (including phenoxy) is 2. The second-order valence-electron chi connectivity index (χ2n) is 4.00. The van der Waals surface area contributed by atoms with Crippen LogP contribution in [0.5, 0.6) is 0 Å². The first-order valence-electron chi connectivity index (χ1n) is 5.91. The van der Waals surface area contributed by atoms with E-state index in [4.69, 9.17) is 9.47 Å². The summed E-state index contributed by atoms with van der Waals surface area (Å²) in [5.41, 5.74) is 0. The van der Waals surface area contributed by atoms with Crippen LogP contribution in [0.1, 0.15) is 52.9 Å². The summed E-state index contributed by atoms with van der Waals surface area (Å²) in [4.78, 5) is 22.2. The lowest BCUT2D eigenvalue weighted by Crippen LogP contribution is -2.17. The van der Waals surface area contributed by atoms with E-state index in [0.717, 1.165) is 25.7 Å². The second kappa shape index (κ2) is 9.19. The molecular weight excluding hydrogens is 208 g/mol. The van der Waals surface area contributed by atoms with Gasteiger partial charge < -0.3 is 9.47 Å². The molecule has 0 bridgehead atoms. The Kier molecular flexibility index (Phi) is 8.58. The first-order valence-corrected chi connectivity index (χ1v) is 5.91. The van der Waals surface area contributed by atoms with E-state index in [1.165, 1.54) is 0 Å². The molecule has 94 valence electrons. The third-order valence-corrected chi connectivity index (χ3v) is 1.92. The summed E-state index contributed by atoms with van der Waals surface area (Å²) in [6, 6.07) is 0. The van der Waals surface area contributed by atoms with Gasteiger partial charge in [-0.25, -0.2) is 0 Å². The number of carbonyl (C=O) groups is 2. The van der Waals surface area contributed by atoms with Gasteiger partial charge in [-0.1, -0.05) is 26.2 Å². The van der Waals surface area contributed by atoms with Gasteiger partial charge in [0.05, 0.1) is 12.7 Å². The highest BCUT2D eigenvalue weighted by Crippen LogP contribution is 2.00. The molecule has 0 radical (unpaired) electrons. The number of esters is 2. The van der Waals surface area contributed by atoms with Gasteiger partial charge in [-0.15, -0.1) is 0 Å². The molecule has 0 amide bonds. The fraction of sp³-hybridized carbons (Fsp3) is 0.833. The van der Waals surface area contributed by atoms with E-state index in [1.807, 2.05) is 0 Å². The van der Waals surface area contributed by atoms with Crippen molar-refractivity contribution < 1.29 is 19.1 Å². The average Bonchev–Trinajstić information content (AvgIpc) is 2.15. The molecule has 0 aliphatic carbocycles. The maximum absolute atomic E-state index is 11.1. The summed E-state index contributed by atoms with van der Waals surface area (Å²) in [6.07, 6.45) is 3.73. The van der Waals surface area contributed by atoms with E-state index in [0.29, 0.717) is 6.61 Å². The van der Waals surface area contributed by atoms with Crippen molar-refractivity contribution in [2.24, 2.45) is 0 Å². The normalized spacial score (nSPS) is 10.2. The minimum Gasteiger partial charge on any atom is -0.465 e. The molecule has 0 N–H and O–H groups in total. The zero-order valence-corrected chi connectivity index (χ0v) is 10.5. The van der Waals surface area contributed by atoms with Crippen molar-refractivity contribution in [3.8, 4) is 0 Å². The number of carbonyl (C=O) groups excluding carboxylic acids is 2. The average molecular weight is 230 g/mol. The maximum Gasteiger partial charge on any atom is 0.317 e. The fourth-order valence-electron chi connectivity index (χ4n) is 1.19. The molecule has 0 aromatic rings. The van der Waals surface area contributed by atoms with Crippen molar-refractivity contribution >= 4 is 11.9 Å². The van der Waals surface area contributed by atoms with Gasteiger partial charge in [-0.05, 0) is 20.3 Å². The standard InChI is InChI=1S/C12H22O4/c1-4-5-6-7-8-15-11(13)9-12(14)16-10(2)3/h10H,4-9H2,1-3H3. The van der Waals surface area contributed by atoms with Crippen LogP contribution in [0.25, 0.3) is 0 Å². The Hall–Kier alpha value is -1.06. The van der Waals surface area contributed by atoms with Crippen molar-refractivity contribution in [1.29, 1.82) is 0 Å². The van der Waals surface area contributed by atoms with Crippen molar-refractivity contribution in [3.63, 3.8) is 0 Å². The smallest absolute Gasteiger partial charge is 0.317 e. The van der Waals surface area contributed by atoms with Gasteiger partial charge in [0.1, 0.15) is 6.42 Å². The Labute approximate surface area is 97.3 Å². The molecule has 0 saturated heterocycles. The van der Waals surface area contributed by atoms with Crippen molar-refractivity contribution in [1.82, 2.24) is 0 Å². The van der Waals surface area contributed by atoms with Crippen LogP contribution < -0.4 is 0 Å². The molecule has 16 heavy (non-hydrogen) atoms. The summed E-state index contributed by atoms with van der Waals surface area (Å²) in [7, 11) is 0. The molecule has 4 nitrogen and oxygen atoms in total. The van der Waals surface area contributed by atoms with Gasteiger partial charge in [0, 0.05) is 0 Å². The predicted molar refractivity (Wildman–Crippen MR) is 60.9 cm³/mol. The van der Waals surface area contributed by atoms with Crippen LogP contribution in [0.3, 0.4) is 0 Å². The third-order valence-electron chi connectivity index (χ3n) is 1.92. The highest BCUT2D eigenvalue weighted by molar-refractivity contribution is 5.91. The molecule has 0 fully saturated rings. The first kappa shape index (κ1) is 14.9. The van der Waals surface area contributed by atoms with Crippen LogP contribution in [0.2, 0.25) is 0 Å². The Balaban J connectivity index is 3.47. The van der Waals surface area contributed by atoms with Crippen molar-refractivity contribution in [3.05, 3.63) is 0 Å². The highest BCUT2D eigenvalue weighted by Gasteiger charge is 2.12. The fourth-order valence-corrected chi connectivity index (χ4v) is 1.19. The lowest BCUT2D eigenvalue weighted by atomic mass is 10.2. The van der Waals surface area contributed by atoms with Crippen LogP contribution in [-0.2, 0) is 19.1 Å². The molecule has 0 saturated carbocycles. The lowest BCUT2D eigenvalue weighted by molar-refractivity contribution is -0.156. The Bertz CT molecular complexity index is 211. The molecule has 0 aromatic heterocycles. The van der Waals surface area contributed by atoms with E-state index in [2.05, 4.69) is 6.92 Å². The van der Waals surface area contributed by atoms with Crippen molar-refractivity contribution in [2.45, 2.75) is 59.0 Å². The molecule has 0 aromatic carbocycles. The summed E-state index contributed by atoms with van der Waals surface area (Å²) in [6.45, 7) is 6.00. The monoisotopic (exact) mass is 230 g/mol. The molecule has 0 heterocycles. The topological polar surface area (TPSA) is 52.6 Å². The summed E-state index contributed by atoms with van der Waals surface area (Å²) >= 11 is 0. The molecule has 0 aliphatic rings. The summed E-state index contributed by atoms with van der Waals surface area (Å²) in [5, 5.41) is 0.